The summed E-state index contributed by atoms with van der Waals surface area (Å²) in [6.07, 6.45) is 4.81. The molecule has 0 saturated carbocycles. The van der Waals surface area contributed by atoms with Crippen LogP contribution in [-0.2, 0) is 17.6 Å². The number of halogens is 2. The van der Waals surface area contributed by atoms with Crippen molar-refractivity contribution in [3.05, 3.63) is 75.4 Å². The molecule has 1 amide bonds. The number of benzene rings is 2. The van der Waals surface area contributed by atoms with Crippen LogP contribution in [0.5, 0.6) is 5.75 Å². The molecule has 7 heteroatoms. The predicted octanol–water partition coefficient (Wildman–Crippen LogP) is 7.13. The average molecular weight is 487 g/mol. The standard InChI is InChI=1S/C25H24Cl2N2O2S/c1-15-7-11-21(19-6-4-5-18(15)19)31-25(2,3)24(30)29-17-9-12-23(28-14-17)32-22-13-16(26)8-10-20(22)27/h7-14H,4-6H2,1-3H3,(H,29,30). The molecule has 1 heterocycles. The largest absolute Gasteiger partial charge is 0.478 e. The van der Waals surface area contributed by atoms with Crippen LogP contribution in [0.4, 0.5) is 5.69 Å². The fourth-order valence-electron chi connectivity index (χ4n) is 3.73. The van der Waals surface area contributed by atoms with Gasteiger partial charge < -0.3 is 10.1 Å². The summed E-state index contributed by atoms with van der Waals surface area (Å²) < 4.78 is 6.20. The van der Waals surface area contributed by atoms with Gasteiger partial charge in [-0.1, -0.05) is 41.0 Å². The summed E-state index contributed by atoms with van der Waals surface area (Å²) >= 11 is 13.7. The van der Waals surface area contributed by atoms with Gasteiger partial charge >= 0.3 is 0 Å². The third kappa shape index (κ3) is 5.06. The number of nitrogens with one attached hydrogen (secondary N) is 1. The summed E-state index contributed by atoms with van der Waals surface area (Å²) in [5.41, 5.74) is 3.44. The Hall–Kier alpha value is -2.21. The highest BCUT2D eigenvalue weighted by Crippen LogP contribution is 2.36. The lowest BCUT2D eigenvalue weighted by molar-refractivity contribution is -0.128. The first kappa shape index (κ1) is 23.0. The number of fused-ring (bicyclic) bond motifs is 1. The molecule has 0 atom stereocenters. The Labute approximate surface area is 202 Å². The fourth-order valence-corrected chi connectivity index (χ4v) is 5.02. The summed E-state index contributed by atoms with van der Waals surface area (Å²) in [4.78, 5) is 18.2. The molecule has 1 aliphatic rings. The van der Waals surface area contributed by atoms with Crippen molar-refractivity contribution in [1.29, 1.82) is 0 Å². The Morgan fingerprint density at radius 2 is 1.88 bits per heavy atom. The van der Waals surface area contributed by atoms with E-state index in [4.69, 9.17) is 27.9 Å². The summed E-state index contributed by atoms with van der Waals surface area (Å²) in [6, 6.07) is 13.0. The third-order valence-corrected chi connectivity index (χ3v) is 7.17. The Kier molecular flexibility index (Phi) is 6.70. The Morgan fingerprint density at radius 1 is 1.09 bits per heavy atom. The second kappa shape index (κ2) is 9.34. The third-order valence-electron chi connectivity index (χ3n) is 5.49. The lowest BCUT2D eigenvalue weighted by atomic mass is 10.0. The Balaban J connectivity index is 1.43. The maximum Gasteiger partial charge on any atom is 0.268 e. The van der Waals surface area contributed by atoms with Crippen molar-refractivity contribution in [2.24, 2.45) is 0 Å². The van der Waals surface area contributed by atoms with Crippen LogP contribution in [0, 0.1) is 6.92 Å². The normalized spacial score (nSPS) is 13.0. The molecule has 32 heavy (non-hydrogen) atoms. The minimum absolute atomic E-state index is 0.232. The Morgan fingerprint density at radius 3 is 2.62 bits per heavy atom. The number of amides is 1. The van der Waals surface area contributed by atoms with Gasteiger partial charge in [0, 0.05) is 9.92 Å². The van der Waals surface area contributed by atoms with Crippen LogP contribution in [0.3, 0.4) is 0 Å². The number of hydrogen-bond acceptors (Lipinski definition) is 4. The number of aryl methyl sites for hydroxylation is 1. The molecule has 1 aliphatic carbocycles. The smallest absolute Gasteiger partial charge is 0.268 e. The van der Waals surface area contributed by atoms with Crippen molar-refractivity contribution >= 4 is 46.6 Å². The van der Waals surface area contributed by atoms with E-state index >= 15 is 0 Å². The van der Waals surface area contributed by atoms with Gasteiger partial charge in [-0.25, -0.2) is 4.98 Å². The molecule has 1 N–H and O–H groups in total. The number of aromatic nitrogens is 1. The molecule has 166 valence electrons. The van der Waals surface area contributed by atoms with Crippen LogP contribution in [0.25, 0.3) is 0 Å². The van der Waals surface area contributed by atoms with E-state index < -0.39 is 5.60 Å². The quantitative estimate of drug-likeness (QED) is 0.402. The molecule has 0 radical (unpaired) electrons. The molecule has 0 saturated heterocycles. The second-order valence-corrected chi connectivity index (χ2v) is 10.2. The highest BCUT2D eigenvalue weighted by molar-refractivity contribution is 7.99. The van der Waals surface area contributed by atoms with Crippen LogP contribution in [-0.4, -0.2) is 16.5 Å². The molecule has 0 bridgehead atoms. The molecular weight excluding hydrogens is 463 g/mol. The van der Waals surface area contributed by atoms with Gasteiger partial charge in [-0.2, -0.15) is 0 Å². The van der Waals surface area contributed by atoms with E-state index in [1.54, 1.807) is 38.2 Å². The van der Waals surface area contributed by atoms with Gasteiger partial charge in [-0.15, -0.1) is 0 Å². The van der Waals surface area contributed by atoms with Crippen molar-refractivity contribution in [2.75, 3.05) is 5.32 Å². The molecule has 0 spiro atoms. The zero-order valence-corrected chi connectivity index (χ0v) is 20.5. The van der Waals surface area contributed by atoms with Crippen LogP contribution in [0.15, 0.2) is 58.6 Å². The number of rotatable bonds is 6. The van der Waals surface area contributed by atoms with Crippen molar-refractivity contribution in [3.63, 3.8) is 0 Å². The topological polar surface area (TPSA) is 51.2 Å². The lowest BCUT2D eigenvalue weighted by Crippen LogP contribution is -2.42. The first-order valence-corrected chi connectivity index (χ1v) is 12.0. The molecule has 0 aliphatic heterocycles. The van der Waals surface area contributed by atoms with E-state index in [2.05, 4.69) is 23.3 Å². The van der Waals surface area contributed by atoms with E-state index in [0.717, 1.165) is 34.9 Å². The first-order valence-electron chi connectivity index (χ1n) is 10.4. The lowest BCUT2D eigenvalue weighted by Gasteiger charge is -2.27. The van der Waals surface area contributed by atoms with Crippen LogP contribution >= 0.6 is 35.0 Å². The number of nitrogens with zero attached hydrogens (tertiary/aromatic N) is 1. The van der Waals surface area contributed by atoms with Gasteiger partial charge in [0.15, 0.2) is 5.60 Å². The molecule has 3 aromatic rings. The van der Waals surface area contributed by atoms with E-state index in [9.17, 15) is 4.79 Å². The summed E-state index contributed by atoms with van der Waals surface area (Å²) in [7, 11) is 0. The second-order valence-electron chi connectivity index (χ2n) is 8.32. The molecule has 4 nitrogen and oxygen atoms in total. The summed E-state index contributed by atoms with van der Waals surface area (Å²) in [5, 5.41) is 4.88. The van der Waals surface area contributed by atoms with Crippen molar-refractivity contribution in [2.45, 2.75) is 55.6 Å². The van der Waals surface area contributed by atoms with Gasteiger partial charge in [0.05, 0.1) is 16.9 Å². The van der Waals surface area contributed by atoms with E-state index in [0.29, 0.717) is 15.7 Å². The molecule has 1 aromatic heterocycles. The van der Waals surface area contributed by atoms with Crippen molar-refractivity contribution < 1.29 is 9.53 Å². The number of pyridine rings is 1. The molecule has 0 unspecified atom stereocenters. The van der Waals surface area contributed by atoms with Gasteiger partial charge in [-0.3, -0.25) is 4.79 Å². The van der Waals surface area contributed by atoms with E-state index in [-0.39, 0.29) is 5.91 Å². The molecule has 4 rings (SSSR count). The highest BCUT2D eigenvalue weighted by Gasteiger charge is 2.32. The van der Waals surface area contributed by atoms with E-state index in [1.807, 2.05) is 18.2 Å². The predicted molar refractivity (Wildman–Crippen MR) is 131 cm³/mol. The minimum Gasteiger partial charge on any atom is -0.478 e. The fraction of sp³-hybridized carbons (Fsp3) is 0.280. The van der Waals surface area contributed by atoms with E-state index in [1.165, 1.54) is 28.5 Å². The summed E-state index contributed by atoms with van der Waals surface area (Å²) in [5.74, 6) is 0.566. The van der Waals surface area contributed by atoms with Gasteiger partial charge in [0.1, 0.15) is 10.8 Å². The number of hydrogen-bond donors (Lipinski definition) is 1. The number of ether oxygens (including phenoxy) is 1. The van der Waals surface area contributed by atoms with Crippen LogP contribution in [0.2, 0.25) is 10.0 Å². The first-order chi connectivity index (χ1) is 15.2. The number of carbonyl (C=O) groups is 1. The summed E-state index contributed by atoms with van der Waals surface area (Å²) in [6.45, 7) is 5.69. The number of anilines is 1. The van der Waals surface area contributed by atoms with Crippen LogP contribution < -0.4 is 10.1 Å². The Bertz CT molecular complexity index is 1160. The maximum absolute atomic E-state index is 13.0. The zero-order valence-electron chi connectivity index (χ0n) is 18.2. The number of carbonyl (C=O) groups excluding carboxylic acids is 1. The highest BCUT2D eigenvalue weighted by atomic mass is 35.5. The van der Waals surface area contributed by atoms with Crippen LogP contribution in [0.1, 0.15) is 37.0 Å². The molecule has 0 fully saturated rings. The van der Waals surface area contributed by atoms with Crippen molar-refractivity contribution in [3.8, 4) is 5.75 Å². The monoisotopic (exact) mass is 486 g/mol. The van der Waals surface area contributed by atoms with Crippen molar-refractivity contribution in [1.82, 2.24) is 4.98 Å². The zero-order chi connectivity index (χ0) is 22.9. The molecular formula is C25H24Cl2N2O2S. The molecule has 2 aromatic carbocycles. The average Bonchev–Trinajstić information content (AvgIpc) is 3.25. The van der Waals surface area contributed by atoms with Gasteiger partial charge in [-0.05, 0) is 93.1 Å². The van der Waals surface area contributed by atoms with Gasteiger partial charge in [0.25, 0.3) is 5.91 Å². The minimum atomic E-state index is -1.03. The maximum atomic E-state index is 13.0. The SMILES string of the molecule is Cc1ccc(OC(C)(C)C(=O)Nc2ccc(Sc3cc(Cl)ccc3Cl)nc2)c2c1CCC2. The van der Waals surface area contributed by atoms with Gasteiger partial charge in [0.2, 0.25) is 0 Å².